The zero-order valence-corrected chi connectivity index (χ0v) is 9.77. The molecule has 0 heterocycles. The lowest BCUT2D eigenvalue weighted by Gasteiger charge is -2.25. The minimum atomic E-state index is -2.76. The summed E-state index contributed by atoms with van der Waals surface area (Å²) in [4.78, 5) is 0. The third-order valence-electron chi connectivity index (χ3n) is 1.95. The van der Waals surface area contributed by atoms with Crippen LogP contribution in [0, 0.1) is 0 Å². The van der Waals surface area contributed by atoms with Crippen molar-refractivity contribution in [1.29, 1.82) is 0 Å². The molecule has 1 atom stereocenters. The molecule has 0 radical (unpaired) electrons. The first-order valence-corrected chi connectivity index (χ1v) is 6.82. The Morgan fingerprint density at radius 2 is 1.62 bits per heavy atom. The van der Waals surface area contributed by atoms with Gasteiger partial charge in [0.05, 0.1) is 0 Å². The first-order chi connectivity index (χ1) is 5.86. The first kappa shape index (κ1) is 10.8. The molecule has 1 aromatic carbocycles. The molecule has 0 amide bonds. The summed E-state index contributed by atoms with van der Waals surface area (Å²) in [6, 6.07) is 9.24. The Bertz CT molecular complexity index is 327. The summed E-state index contributed by atoms with van der Waals surface area (Å²) in [5.41, 5.74) is 0. The Balaban J connectivity index is 3.17. The van der Waals surface area contributed by atoms with E-state index in [1.165, 1.54) is 0 Å². The van der Waals surface area contributed by atoms with E-state index in [0.717, 1.165) is 5.30 Å². The highest BCUT2D eigenvalue weighted by Crippen LogP contribution is 2.60. The van der Waals surface area contributed by atoms with Crippen molar-refractivity contribution in [2.75, 3.05) is 0 Å². The summed E-state index contributed by atoms with van der Waals surface area (Å²) in [7, 11) is 0. The van der Waals surface area contributed by atoms with Crippen LogP contribution in [0.4, 0.5) is 0 Å². The highest BCUT2D eigenvalue weighted by atomic mass is 35.7. The Morgan fingerprint density at radius 3 is 2.00 bits per heavy atom. The van der Waals surface area contributed by atoms with Crippen molar-refractivity contribution in [2.24, 2.45) is 0 Å². The van der Waals surface area contributed by atoms with Crippen LogP contribution in [0.5, 0.6) is 0 Å². The van der Waals surface area contributed by atoms with Gasteiger partial charge in [0.2, 0.25) is 6.49 Å². The van der Waals surface area contributed by atoms with Crippen molar-refractivity contribution in [2.45, 2.75) is 25.9 Å². The van der Waals surface area contributed by atoms with Crippen LogP contribution in [0.1, 0.15) is 20.8 Å². The lowest BCUT2D eigenvalue weighted by atomic mass is 10.3. The highest BCUT2D eigenvalue weighted by Gasteiger charge is 2.35. The lowest BCUT2D eigenvalue weighted by molar-refractivity contribution is 0.567. The Labute approximate surface area is 84.3 Å². The standard InChI is InChI=1S/C10H14ClOP/c1-10(2,3)13(11,12)9-7-5-4-6-8-9/h4-8H,1-3H3. The quantitative estimate of drug-likeness (QED) is 0.656. The summed E-state index contributed by atoms with van der Waals surface area (Å²) in [6.45, 7) is 2.93. The molecule has 0 fully saturated rings. The van der Waals surface area contributed by atoms with E-state index in [-0.39, 0.29) is 5.16 Å². The summed E-state index contributed by atoms with van der Waals surface area (Å²) in [5.74, 6) is 0. The lowest BCUT2D eigenvalue weighted by Crippen LogP contribution is -2.19. The Hall–Kier alpha value is -0.260. The first-order valence-electron chi connectivity index (χ1n) is 4.21. The molecule has 0 aliphatic carbocycles. The molecule has 0 aliphatic rings. The summed E-state index contributed by atoms with van der Waals surface area (Å²) in [6.07, 6.45) is 0. The fourth-order valence-corrected chi connectivity index (χ4v) is 2.68. The SMILES string of the molecule is CC(C)(C)P(=O)(Cl)c1ccccc1. The van der Waals surface area contributed by atoms with Gasteiger partial charge in [-0.25, -0.2) is 0 Å². The maximum atomic E-state index is 12.2. The molecule has 1 unspecified atom stereocenters. The van der Waals surface area contributed by atoms with Gasteiger partial charge in [0.15, 0.2) is 0 Å². The minimum absolute atomic E-state index is 0.379. The molecule has 0 spiro atoms. The second-order valence-electron chi connectivity index (χ2n) is 4.04. The minimum Gasteiger partial charge on any atom is -0.301 e. The van der Waals surface area contributed by atoms with Gasteiger partial charge in [0.1, 0.15) is 0 Å². The highest BCUT2D eigenvalue weighted by molar-refractivity contribution is 7.96. The third-order valence-corrected chi connectivity index (χ3v) is 6.75. The van der Waals surface area contributed by atoms with Crippen molar-refractivity contribution < 1.29 is 4.57 Å². The van der Waals surface area contributed by atoms with Crippen molar-refractivity contribution in [3.63, 3.8) is 0 Å². The molecule has 0 saturated heterocycles. The predicted octanol–water partition coefficient (Wildman–Crippen LogP) is 3.63. The molecule has 3 heteroatoms. The largest absolute Gasteiger partial charge is 0.301 e. The van der Waals surface area contributed by atoms with Gasteiger partial charge in [-0.3, -0.25) is 0 Å². The van der Waals surface area contributed by atoms with Crippen molar-refractivity contribution in [3.8, 4) is 0 Å². The van der Waals surface area contributed by atoms with Crippen molar-refractivity contribution in [1.82, 2.24) is 0 Å². The monoisotopic (exact) mass is 216 g/mol. The predicted molar refractivity (Wildman–Crippen MR) is 59.3 cm³/mol. The average Bonchev–Trinajstić information content (AvgIpc) is 2.04. The fourth-order valence-electron chi connectivity index (χ4n) is 1.01. The molecule has 0 N–H and O–H groups in total. The van der Waals surface area contributed by atoms with Gasteiger partial charge in [-0.1, -0.05) is 51.1 Å². The van der Waals surface area contributed by atoms with E-state index < -0.39 is 6.49 Å². The summed E-state index contributed by atoms with van der Waals surface area (Å²) in [5, 5.41) is 0.361. The Morgan fingerprint density at radius 1 is 1.15 bits per heavy atom. The van der Waals surface area contributed by atoms with Crippen LogP contribution in [0.15, 0.2) is 30.3 Å². The molecule has 1 nitrogen and oxygen atoms in total. The van der Waals surface area contributed by atoms with Crippen LogP contribution in [0.3, 0.4) is 0 Å². The molecular formula is C10H14ClOP. The second-order valence-corrected chi connectivity index (χ2v) is 8.39. The van der Waals surface area contributed by atoms with Crippen LogP contribution in [-0.2, 0) is 4.57 Å². The molecule has 0 saturated carbocycles. The van der Waals surface area contributed by atoms with Crippen LogP contribution < -0.4 is 5.30 Å². The Kier molecular flexibility index (Phi) is 2.89. The second kappa shape index (κ2) is 3.48. The topological polar surface area (TPSA) is 17.1 Å². The molecule has 13 heavy (non-hydrogen) atoms. The van der Waals surface area contributed by atoms with Crippen LogP contribution in [0.2, 0.25) is 0 Å². The molecule has 72 valence electrons. The van der Waals surface area contributed by atoms with Gasteiger partial charge in [0, 0.05) is 10.5 Å². The third kappa shape index (κ3) is 2.15. The van der Waals surface area contributed by atoms with Crippen LogP contribution in [0.25, 0.3) is 0 Å². The van der Waals surface area contributed by atoms with E-state index in [2.05, 4.69) is 0 Å². The van der Waals surface area contributed by atoms with Gasteiger partial charge in [-0.2, -0.15) is 0 Å². The molecule has 0 aromatic heterocycles. The normalized spacial score (nSPS) is 16.6. The van der Waals surface area contributed by atoms with Gasteiger partial charge in [-0.05, 0) is 11.2 Å². The van der Waals surface area contributed by atoms with Gasteiger partial charge in [-0.15, -0.1) is 0 Å². The van der Waals surface area contributed by atoms with Crippen LogP contribution in [-0.4, -0.2) is 5.16 Å². The molecule has 0 bridgehead atoms. The van der Waals surface area contributed by atoms with E-state index in [0.29, 0.717) is 0 Å². The van der Waals surface area contributed by atoms with E-state index >= 15 is 0 Å². The molecular weight excluding hydrogens is 203 g/mol. The smallest absolute Gasteiger partial charge is 0.202 e. The number of halogens is 1. The molecule has 0 aliphatic heterocycles. The molecule has 1 rings (SSSR count). The fraction of sp³-hybridized carbons (Fsp3) is 0.400. The maximum absolute atomic E-state index is 12.2. The van der Waals surface area contributed by atoms with Crippen molar-refractivity contribution >= 4 is 23.0 Å². The van der Waals surface area contributed by atoms with E-state index in [1.807, 2.05) is 51.1 Å². The van der Waals surface area contributed by atoms with Gasteiger partial charge < -0.3 is 4.57 Å². The van der Waals surface area contributed by atoms with E-state index in [4.69, 9.17) is 11.2 Å². The van der Waals surface area contributed by atoms with Gasteiger partial charge in [0.25, 0.3) is 0 Å². The summed E-state index contributed by atoms with van der Waals surface area (Å²) < 4.78 is 12.2. The van der Waals surface area contributed by atoms with E-state index in [9.17, 15) is 4.57 Å². The number of hydrogen-bond donors (Lipinski definition) is 0. The van der Waals surface area contributed by atoms with Crippen LogP contribution >= 0.6 is 17.7 Å². The summed E-state index contributed by atoms with van der Waals surface area (Å²) >= 11 is 6.09. The zero-order valence-electron chi connectivity index (χ0n) is 8.12. The van der Waals surface area contributed by atoms with E-state index in [1.54, 1.807) is 0 Å². The number of rotatable bonds is 1. The maximum Gasteiger partial charge on any atom is 0.202 e. The molecule has 1 aromatic rings. The number of benzene rings is 1. The number of hydrogen-bond acceptors (Lipinski definition) is 1. The van der Waals surface area contributed by atoms with Crippen molar-refractivity contribution in [3.05, 3.63) is 30.3 Å². The zero-order chi connectivity index (χ0) is 10.1. The van der Waals surface area contributed by atoms with Gasteiger partial charge >= 0.3 is 0 Å². The average molecular weight is 217 g/mol.